The lowest BCUT2D eigenvalue weighted by molar-refractivity contribution is -0.224. The van der Waals surface area contributed by atoms with Gasteiger partial charge in [-0.25, -0.2) is 9.36 Å². The summed E-state index contributed by atoms with van der Waals surface area (Å²) in [6.45, 7) is 4.39. The van der Waals surface area contributed by atoms with Crippen molar-refractivity contribution in [1.82, 2.24) is 0 Å². The maximum atomic E-state index is 11.7. The second-order valence-corrected chi connectivity index (χ2v) is 9.89. The Balaban J connectivity index is 3.65. The Morgan fingerprint density at radius 2 is 0.938 bits per heavy atom. The third-order valence-electron chi connectivity index (χ3n) is 5.41. The van der Waals surface area contributed by atoms with Gasteiger partial charge in [-0.2, -0.15) is 0 Å². The monoisotopic (exact) mass is 478 g/mol. The summed E-state index contributed by atoms with van der Waals surface area (Å²) >= 11 is 0. The van der Waals surface area contributed by atoms with E-state index in [2.05, 4.69) is 27.9 Å². The third kappa shape index (κ3) is 22.3. The van der Waals surface area contributed by atoms with Crippen LogP contribution in [0.2, 0.25) is 0 Å². The second kappa shape index (κ2) is 21.9. The summed E-state index contributed by atoms with van der Waals surface area (Å²) in [7, 11) is -4.74. The van der Waals surface area contributed by atoms with Crippen molar-refractivity contribution >= 4 is 19.8 Å². The average molecular weight is 479 g/mol. The highest BCUT2D eigenvalue weighted by Crippen LogP contribution is 2.44. The zero-order valence-corrected chi connectivity index (χ0v) is 21.4. The molecule has 0 bridgehead atoms. The Bertz CT molecular complexity index is 511. The molecule has 0 aliphatic carbocycles. The molecule has 0 saturated carbocycles. The van der Waals surface area contributed by atoms with E-state index in [1.54, 1.807) is 0 Å². The van der Waals surface area contributed by atoms with Gasteiger partial charge in [0.15, 0.2) is 0 Å². The predicted molar refractivity (Wildman–Crippen MR) is 127 cm³/mol. The van der Waals surface area contributed by atoms with Crippen LogP contribution in [0.5, 0.6) is 0 Å². The van der Waals surface area contributed by atoms with Crippen molar-refractivity contribution in [2.24, 2.45) is 0 Å². The molecule has 0 radical (unpaired) electrons. The number of hydrogen-bond acceptors (Lipinski definition) is 6. The van der Waals surface area contributed by atoms with Crippen molar-refractivity contribution in [2.45, 2.75) is 142 Å². The molecule has 0 aliphatic rings. The molecule has 1 unspecified atom stereocenters. The highest BCUT2D eigenvalue weighted by atomic mass is 31.2. The standard InChI is InChI=1S/C24H47O7P/c1-3-5-7-9-11-13-15-17-19-21-23(25)29-31-32(27,28)30-24(26)22-20-18-16-14-12-10-8-6-4-2/h3-22H2,1-2H3,(H,27,28). The molecule has 1 atom stereocenters. The molecule has 0 aliphatic heterocycles. The van der Waals surface area contributed by atoms with E-state index in [-0.39, 0.29) is 12.8 Å². The van der Waals surface area contributed by atoms with Crippen LogP contribution in [0.3, 0.4) is 0 Å². The van der Waals surface area contributed by atoms with Gasteiger partial charge in [0.2, 0.25) is 0 Å². The Labute approximate surface area is 195 Å². The minimum absolute atomic E-state index is 0.0378. The quantitative estimate of drug-likeness (QED) is 0.0688. The number of carbonyl (C=O) groups excluding carboxylic acids is 2. The van der Waals surface area contributed by atoms with E-state index >= 15 is 0 Å². The maximum absolute atomic E-state index is 11.7. The second-order valence-electron chi connectivity index (χ2n) is 8.62. The smallest absolute Gasteiger partial charge is 0.369 e. The Hall–Kier alpha value is -0.910. The molecular formula is C24H47O7P. The van der Waals surface area contributed by atoms with Crippen LogP contribution in [0.4, 0.5) is 0 Å². The lowest BCUT2D eigenvalue weighted by Gasteiger charge is -2.10. The number of carbonyl (C=O) groups is 2. The molecule has 0 fully saturated rings. The highest BCUT2D eigenvalue weighted by Gasteiger charge is 2.29. The van der Waals surface area contributed by atoms with Gasteiger partial charge in [0.05, 0.1) is 0 Å². The molecule has 0 aromatic heterocycles. The van der Waals surface area contributed by atoms with Gasteiger partial charge >= 0.3 is 19.8 Å². The van der Waals surface area contributed by atoms with Gasteiger partial charge in [-0.1, -0.05) is 121 Å². The topological polar surface area (TPSA) is 99.1 Å². The van der Waals surface area contributed by atoms with Gasteiger partial charge in [-0.3, -0.25) is 14.6 Å². The zero-order valence-electron chi connectivity index (χ0n) is 20.5. The Kier molecular flexibility index (Phi) is 21.3. The Morgan fingerprint density at radius 3 is 1.34 bits per heavy atom. The molecule has 7 nitrogen and oxygen atoms in total. The molecule has 0 rings (SSSR count). The van der Waals surface area contributed by atoms with Crippen LogP contribution in [-0.2, 0) is 28.2 Å². The molecule has 190 valence electrons. The lowest BCUT2D eigenvalue weighted by atomic mass is 10.1. The van der Waals surface area contributed by atoms with E-state index in [1.165, 1.54) is 64.2 Å². The van der Waals surface area contributed by atoms with Crippen LogP contribution >= 0.6 is 7.82 Å². The van der Waals surface area contributed by atoms with Crippen molar-refractivity contribution in [3.63, 3.8) is 0 Å². The summed E-state index contributed by atoms with van der Waals surface area (Å²) in [6.07, 6.45) is 20.0. The number of hydrogen-bond donors (Lipinski definition) is 1. The molecule has 0 aromatic carbocycles. The van der Waals surface area contributed by atoms with E-state index in [1.807, 2.05) is 0 Å². The summed E-state index contributed by atoms with van der Waals surface area (Å²) < 4.78 is 20.4. The fourth-order valence-corrected chi connectivity index (χ4v) is 4.04. The first-order chi connectivity index (χ1) is 15.4. The summed E-state index contributed by atoms with van der Waals surface area (Å²) in [4.78, 5) is 37.2. The summed E-state index contributed by atoms with van der Waals surface area (Å²) in [6, 6.07) is 0. The normalized spacial score (nSPS) is 13.0. The van der Waals surface area contributed by atoms with E-state index in [0.29, 0.717) is 12.8 Å². The first-order valence-electron chi connectivity index (χ1n) is 12.9. The van der Waals surface area contributed by atoms with E-state index < -0.39 is 19.8 Å². The highest BCUT2D eigenvalue weighted by molar-refractivity contribution is 7.47. The average Bonchev–Trinajstić information content (AvgIpc) is 2.75. The molecule has 0 amide bonds. The summed E-state index contributed by atoms with van der Waals surface area (Å²) in [5.74, 6) is -1.56. The van der Waals surface area contributed by atoms with Crippen LogP contribution in [0.1, 0.15) is 142 Å². The first-order valence-corrected chi connectivity index (χ1v) is 14.3. The fourth-order valence-electron chi connectivity index (χ4n) is 3.48. The number of rotatable bonds is 23. The van der Waals surface area contributed by atoms with Gasteiger partial charge < -0.3 is 4.52 Å². The van der Waals surface area contributed by atoms with Crippen molar-refractivity contribution in [3.05, 3.63) is 0 Å². The number of phosphoric acid groups is 1. The molecular weight excluding hydrogens is 431 g/mol. The molecule has 32 heavy (non-hydrogen) atoms. The SMILES string of the molecule is CCCCCCCCCCCC(=O)OOP(=O)(O)OC(=O)CCCCCCCCCCC. The van der Waals surface area contributed by atoms with E-state index in [0.717, 1.165) is 38.5 Å². The molecule has 0 spiro atoms. The summed E-state index contributed by atoms with van der Waals surface area (Å²) in [5, 5.41) is 0. The van der Waals surface area contributed by atoms with Crippen molar-refractivity contribution in [3.8, 4) is 0 Å². The van der Waals surface area contributed by atoms with Crippen LogP contribution in [0.25, 0.3) is 0 Å². The zero-order chi connectivity index (χ0) is 23.9. The summed E-state index contributed by atoms with van der Waals surface area (Å²) in [5.41, 5.74) is 0. The van der Waals surface area contributed by atoms with Crippen LogP contribution in [-0.4, -0.2) is 16.8 Å². The maximum Gasteiger partial charge on any atom is 0.566 e. The Morgan fingerprint density at radius 1 is 0.594 bits per heavy atom. The third-order valence-corrected chi connectivity index (χ3v) is 6.11. The largest absolute Gasteiger partial charge is 0.566 e. The van der Waals surface area contributed by atoms with E-state index in [9.17, 15) is 19.0 Å². The van der Waals surface area contributed by atoms with Crippen LogP contribution in [0.15, 0.2) is 0 Å². The molecule has 1 N–H and O–H groups in total. The first kappa shape index (κ1) is 31.1. The fraction of sp³-hybridized carbons (Fsp3) is 0.917. The van der Waals surface area contributed by atoms with Gasteiger partial charge in [0, 0.05) is 12.8 Å². The van der Waals surface area contributed by atoms with Crippen molar-refractivity contribution in [1.29, 1.82) is 0 Å². The van der Waals surface area contributed by atoms with Gasteiger partial charge in [0.25, 0.3) is 0 Å². The van der Waals surface area contributed by atoms with Gasteiger partial charge in [-0.05, 0) is 12.8 Å². The number of unbranched alkanes of at least 4 members (excludes halogenated alkanes) is 16. The molecule has 0 heterocycles. The van der Waals surface area contributed by atoms with Gasteiger partial charge in [-0.15, -0.1) is 0 Å². The van der Waals surface area contributed by atoms with Gasteiger partial charge in [0.1, 0.15) is 0 Å². The number of phosphoric ester groups is 1. The molecule has 0 saturated heterocycles. The van der Waals surface area contributed by atoms with Crippen LogP contribution < -0.4 is 0 Å². The minimum atomic E-state index is -4.74. The van der Waals surface area contributed by atoms with Crippen molar-refractivity contribution in [2.75, 3.05) is 0 Å². The van der Waals surface area contributed by atoms with E-state index in [4.69, 9.17) is 0 Å². The lowest BCUT2D eigenvalue weighted by Crippen LogP contribution is -2.08. The van der Waals surface area contributed by atoms with Crippen LogP contribution in [0, 0.1) is 0 Å². The predicted octanol–water partition coefficient (Wildman–Crippen LogP) is 7.95. The molecule has 8 heteroatoms. The van der Waals surface area contributed by atoms with Crippen molar-refractivity contribution < 1.29 is 33.1 Å². The molecule has 0 aromatic rings. The minimum Gasteiger partial charge on any atom is -0.369 e.